The largest absolute Gasteiger partial charge is 0.487 e. The molecule has 0 saturated carbocycles. The van der Waals surface area contributed by atoms with Crippen molar-refractivity contribution in [3.8, 4) is 5.75 Å². The molecule has 3 amide bonds. The SMILES string of the molecule is Cc1ccc(NC(=O)CN2C(=O)S/C(=C/c3cc(I)c(OCc4cccc5ccccc45)c(I)c3)C2=O)cc1C. The molecule has 9 heteroatoms. The Morgan fingerprint density at radius 2 is 1.68 bits per heavy atom. The van der Waals surface area contributed by atoms with Crippen molar-refractivity contribution in [2.75, 3.05) is 11.9 Å². The van der Waals surface area contributed by atoms with Gasteiger partial charge in [-0.05, 0) is 134 Å². The summed E-state index contributed by atoms with van der Waals surface area (Å²) in [5, 5.41) is 4.62. The summed E-state index contributed by atoms with van der Waals surface area (Å²) in [6.07, 6.45) is 1.69. The first kappa shape index (κ1) is 28.6. The second-order valence-electron chi connectivity index (χ2n) is 9.36. The van der Waals surface area contributed by atoms with E-state index in [4.69, 9.17) is 4.74 Å². The molecule has 1 N–H and O–H groups in total. The molecule has 0 spiro atoms. The van der Waals surface area contributed by atoms with Gasteiger partial charge in [0, 0.05) is 5.69 Å². The maximum absolute atomic E-state index is 13.0. The smallest absolute Gasteiger partial charge is 0.294 e. The molecule has 5 rings (SSSR count). The van der Waals surface area contributed by atoms with Crippen LogP contribution in [0.25, 0.3) is 16.8 Å². The molecule has 0 unspecified atom stereocenters. The second-order valence-corrected chi connectivity index (χ2v) is 12.7. The van der Waals surface area contributed by atoms with Crippen molar-refractivity contribution in [1.29, 1.82) is 0 Å². The lowest BCUT2D eigenvalue weighted by Gasteiger charge is -2.13. The van der Waals surface area contributed by atoms with Crippen LogP contribution >= 0.6 is 56.9 Å². The Hall–Kier alpha value is -2.90. The number of carbonyl (C=O) groups excluding carboxylic acids is 3. The molecule has 1 heterocycles. The number of hydrogen-bond donors (Lipinski definition) is 1. The minimum Gasteiger partial charge on any atom is -0.487 e. The highest BCUT2D eigenvalue weighted by atomic mass is 127. The fourth-order valence-corrected chi connectivity index (χ4v) is 7.29. The summed E-state index contributed by atoms with van der Waals surface area (Å²) in [6.45, 7) is 4.03. The lowest BCUT2D eigenvalue weighted by atomic mass is 10.1. The van der Waals surface area contributed by atoms with Gasteiger partial charge in [-0.15, -0.1) is 0 Å². The predicted octanol–water partition coefficient (Wildman–Crippen LogP) is 7.92. The number of fused-ring (bicyclic) bond motifs is 1. The number of anilines is 1. The number of benzene rings is 4. The third kappa shape index (κ3) is 6.36. The van der Waals surface area contributed by atoms with Crippen molar-refractivity contribution in [1.82, 2.24) is 4.90 Å². The first-order valence-corrected chi connectivity index (χ1v) is 15.4. The highest BCUT2D eigenvalue weighted by Gasteiger charge is 2.36. The molecule has 40 heavy (non-hydrogen) atoms. The zero-order valence-electron chi connectivity index (χ0n) is 21.7. The number of thioether (sulfide) groups is 1. The quantitative estimate of drug-likeness (QED) is 0.153. The van der Waals surface area contributed by atoms with E-state index in [1.165, 1.54) is 5.39 Å². The summed E-state index contributed by atoms with van der Waals surface area (Å²) in [4.78, 5) is 39.5. The third-order valence-electron chi connectivity index (χ3n) is 6.54. The molecule has 202 valence electrons. The average Bonchev–Trinajstić information content (AvgIpc) is 3.17. The molecule has 1 fully saturated rings. The van der Waals surface area contributed by atoms with Crippen molar-refractivity contribution in [3.63, 3.8) is 0 Å². The van der Waals surface area contributed by atoms with Gasteiger partial charge in [-0.25, -0.2) is 0 Å². The summed E-state index contributed by atoms with van der Waals surface area (Å²) < 4.78 is 8.02. The summed E-state index contributed by atoms with van der Waals surface area (Å²) in [7, 11) is 0. The lowest BCUT2D eigenvalue weighted by Crippen LogP contribution is -2.36. The number of nitrogens with zero attached hydrogens (tertiary/aromatic N) is 1. The normalized spacial score (nSPS) is 14.3. The minimum atomic E-state index is -0.480. The molecule has 0 radical (unpaired) electrons. The van der Waals surface area contributed by atoms with Crippen LogP contribution in [0.2, 0.25) is 0 Å². The van der Waals surface area contributed by atoms with E-state index in [1.807, 2.05) is 56.3 Å². The Labute approximate surface area is 263 Å². The summed E-state index contributed by atoms with van der Waals surface area (Å²) in [6, 6.07) is 23.8. The molecule has 0 aromatic heterocycles. The summed E-state index contributed by atoms with van der Waals surface area (Å²) in [5.74, 6) is -0.141. The lowest BCUT2D eigenvalue weighted by molar-refractivity contribution is -0.127. The van der Waals surface area contributed by atoms with Crippen LogP contribution in [0.4, 0.5) is 10.5 Å². The van der Waals surface area contributed by atoms with Gasteiger partial charge in [0.05, 0.1) is 12.0 Å². The van der Waals surface area contributed by atoms with Crippen LogP contribution in [0, 0.1) is 21.0 Å². The zero-order valence-corrected chi connectivity index (χ0v) is 26.8. The maximum atomic E-state index is 13.0. The molecular formula is C31H24I2N2O4S. The molecule has 1 aliphatic heterocycles. The number of nitrogens with one attached hydrogen (secondary N) is 1. The highest BCUT2D eigenvalue weighted by molar-refractivity contribution is 14.1. The monoisotopic (exact) mass is 774 g/mol. The fraction of sp³-hybridized carbons (Fsp3) is 0.129. The van der Waals surface area contributed by atoms with Gasteiger partial charge < -0.3 is 10.1 Å². The van der Waals surface area contributed by atoms with Crippen molar-refractivity contribution in [2.45, 2.75) is 20.5 Å². The first-order valence-electron chi connectivity index (χ1n) is 12.4. The fourth-order valence-electron chi connectivity index (χ4n) is 4.32. The zero-order chi connectivity index (χ0) is 28.4. The Balaban J connectivity index is 1.27. The van der Waals surface area contributed by atoms with Gasteiger partial charge in [-0.2, -0.15) is 0 Å². The van der Waals surface area contributed by atoms with Crippen molar-refractivity contribution >= 4 is 96.5 Å². The molecule has 4 aromatic carbocycles. The van der Waals surface area contributed by atoms with Gasteiger partial charge in [0.15, 0.2) is 0 Å². The van der Waals surface area contributed by atoms with Crippen molar-refractivity contribution < 1.29 is 19.1 Å². The number of carbonyl (C=O) groups is 3. The Morgan fingerprint density at radius 3 is 2.42 bits per heavy atom. The van der Waals surface area contributed by atoms with Crippen molar-refractivity contribution in [2.24, 2.45) is 0 Å². The van der Waals surface area contributed by atoms with Crippen LogP contribution in [0.1, 0.15) is 22.3 Å². The molecule has 0 bridgehead atoms. The predicted molar refractivity (Wildman–Crippen MR) is 177 cm³/mol. The highest BCUT2D eigenvalue weighted by Crippen LogP contribution is 2.35. The number of aryl methyl sites for hydroxylation is 2. The number of imide groups is 1. The number of ether oxygens (including phenoxy) is 1. The molecule has 4 aromatic rings. The van der Waals surface area contributed by atoms with Crippen LogP contribution < -0.4 is 10.1 Å². The molecule has 1 saturated heterocycles. The summed E-state index contributed by atoms with van der Waals surface area (Å²) in [5.41, 5.74) is 4.66. The van der Waals surface area contributed by atoms with E-state index in [0.717, 1.165) is 57.2 Å². The molecule has 1 aliphatic rings. The first-order chi connectivity index (χ1) is 19.2. The van der Waals surface area contributed by atoms with Gasteiger partial charge in [-0.1, -0.05) is 48.5 Å². The standard InChI is InChI=1S/C31H24I2N2O4S/c1-18-10-11-23(12-19(18)2)34-28(36)16-35-30(37)27(40-31(35)38)15-20-13-25(32)29(26(33)14-20)39-17-22-8-5-7-21-6-3-4-9-24(21)22/h3-15H,16-17H2,1-2H3,(H,34,36)/b27-15+. The number of hydrogen-bond acceptors (Lipinski definition) is 5. The molecular weight excluding hydrogens is 750 g/mol. The van der Waals surface area contributed by atoms with Gasteiger partial charge in [0.2, 0.25) is 5.91 Å². The van der Waals surface area contributed by atoms with E-state index < -0.39 is 17.1 Å². The molecule has 6 nitrogen and oxygen atoms in total. The maximum Gasteiger partial charge on any atom is 0.294 e. The molecule has 0 aliphatic carbocycles. The Bertz CT molecular complexity index is 1670. The third-order valence-corrected chi connectivity index (χ3v) is 9.05. The van der Waals surface area contributed by atoms with Gasteiger partial charge in [0.25, 0.3) is 11.1 Å². The van der Waals surface area contributed by atoms with E-state index in [-0.39, 0.29) is 11.4 Å². The van der Waals surface area contributed by atoms with Crippen LogP contribution in [0.15, 0.2) is 77.7 Å². The average molecular weight is 774 g/mol. The Morgan fingerprint density at radius 1 is 0.950 bits per heavy atom. The van der Waals surface area contributed by atoms with Crippen LogP contribution in [0.3, 0.4) is 0 Å². The van der Waals surface area contributed by atoms with Crippen LogP contribution in [-0.2, 0) is 16.2 Å². The van der Waals surface area contributed by atoms with E-state index in [9.17, 15) is 14.4 Å². The Kier molecular flexibility index (Phi) is 8.81. The number of amides is 3. The van der Waals surface area contributed by atoms with Gasteiger partial charge >= 0.3 is 0 Å². The number of rotatable bonds is 7. The van der Waals surface area contributed by atoms with E-state index in [0.29, 0.717) is 12.3 Å². The second kappa shape index (κ2) is 12.3. The van der Waals surface area contributed by atoms with Crippen molar-refractivity contribution in [3.05, 3.63) is 107 Å². The molecule has 0 atom stereocenters. The topological polar surface area (TPSA) is 75.7 Å². The van der Waals surface area contributed by atoms with E-state index in [2.05, 4.69) is 74.8 Å². The van der Waals surface area contributed by atoms with Gasteiger partial charge in [-0.3, -0.25) is 19.3 Å². The van der Waals surface area contributed by atoms with Crippen LogP contribution in [-0.4, -0.2) is 28.5 Å². The van der Waals surface area contributed by atoms with Crippen LogP contribution in [0.5, 0.6) is 5.75 Å². The minimum absolute atomic E-state index is 0.278. The van der Waals surface area contributed by atoms with E-state index in [1.54, 1.807) is 12.1 Å². The number of halogens is 2. The van der Waals surface area contributed by atoms with Gasteiger partial charge in [0.1, 0.15) is 18.9 Å². The summed E-state index contributed by atoms with van der Waals surface area (Å²) >= 11 is 5.28. The van der Waals surface area contributed by atoms with E-state index >= 15 is 0 Å².